The van der Waals surface area contributed by atoms with Gasteiger partial charge < -0.3 is 9.88 Å². The zero-order valence-corrected chi connectivity index (χ0v) is 14.0. The Hall–Kier alpha value is -2.62. The van der Waals surface area contributed by atoms with E-state index in [1.165, 1.54) is 5.52 Å². The number of rotatable bonds is 7. The van der Waals surface area contributed by atoms with Crippen molar-refractivity contribution in [2.45, 2.75) is 32.7 Å². The predicted octanol–water partition coefficient (Wildman–Crippen LogP) is 3.35. The summed E-state index contributed by atoms with van der Waals surface area (Å²) in [4.78, 5) is 16.8. The maximum absolute atomic E-state index is 12.0. The molecule has 0 radical (unpaired) electrons. The quantitative estimate of drug-likeness (QED) is 0.725. The summed E-state index contributed by atoms with van der Waals surface area (Å²) in [5, 5.41) is 3.00. The zero-order chi connectivity index (χ0) is 16.8. The van der Waals surface area contributed by atoms with Gasteiger partial charge in [-0.1, -0.05) is 49.4 Å². The minimum absolute atomic E-state index is 0.0550. The van der Waals surface area contributed by atoms with Crippen molar-refractivity contribution in [1.82, 2.24) is 14.9 Å². The average molecular weight is 321 g/mol. The molecule has 0 fully saturated rings. The van der Waals surface area contributed by atoms with Crippen molar-refractivity contribution in [3.63, 3.8) is 0 Å². The van der Waals surface area contributed by atoms with Crippen LogP contribution in [0.1, 0.15) is 24.7 Å². The molecular weight excluding hydrogens is 298 g/mol. The molecule has 4 nitrogen and oxygen atoms in total. The van der Waals surface area contributed by atoms with Crippen LogP contribution < -0.4 is 5.32 Å². The van der Waals surface area contributed by atoms with Gasteiger partial charge in [0.1, 0.15) is 5.82 Å². The summed E-state index contributed by atoms with van der Waals surface area (Å²) in [5.41, 5.74) is 3.23. The van der Waals surface area contributed by atoms with Gasteiger partial charge in [0, 0.05) is 19.5 Å². The van der Waals surface area contributed by atoms with Gasteiger partial charge in [0.25, 0.3) is 0 Å². The maximum Gasteiger partial charge on any atom is 0.224 e. The first-order chi connectivity index (χ1) is 11.8. The van der Waals surface area contributed by atoms with E-state index in [4.69, 9.17) is 4.98 Å². The summed E-state index contributed by atoms with van der Waals surface area (Å²) in [6.07, 6.45) is 2.23. The van der Waals surface area contributed by atoms with E-state index in [1.807, 2.05) is 48.5 Å². The first-order valence-electron chi connectivity index (χ1n) is 8.52. The van der Waals surface area contributed by atoms with Crippen LogP contribution >= 0.6 is 0 Å². The number of amides is 1. The molecule has 0 saturated heterocycles. The third kappa shape index (κ3) is 3.82. The Kier molecular flexibility index (Phi) is 5.26. The van der Waals surface area contributed by atoms with Gasteiger partial charge in [0.15, 0.2) is 0 Å². The Labute approximate surface area is 142 Å². The lowest BCUT2D eigenvalue weighted by atomic mass is 10.1. The van der Waals surface area contributed by atoms with E-state index in [1.54, 1.807) is 0 Å². The molecule has 1 N–H and O–H groups in total. The molecule has 0 aliphatic carbocycles. The first-order valence-corrected chi connectivity index (χ1v) is 8.52. The van der Waals surface area contributed by atoms with Crippen molar-refractivity contribution in [3.05, 3.63) is 66.0 Å². The molecule has 0 atom stereocenters. The molecule has 0 unspecified atom stereocenters. The third-order valence-corrected chi connectivity index (χ3v) is 4.06. The van der Waals surface area contributed by atoms with Crippen molar-refractivity contribution in [2.75, 3.05) is 6.54 Å². The second-order valence-corrected chi connectivity index (χ2v) is 5.93. The monoisotopic (exact) mass is 321 g/mol. The number of aromatic nitrogens is 2. The molecule has 1 heterocycles. The van der Waals surface area contributed by atoms with Crippen LogP contribution in [-0.4, -0.2) is 22.0 Å². The molecule has 3 rings (SSSR count). The summed E-state index contributed by atoms with van der Waals surface area (Å²) >= 11 is 0. The van der Waals surface area contributed by atoms with Crippen LogP contribution in [0.3, 0.4) is 0 Å². The van der Waals surface area contributed by atoms with E-state index in [-0.39, 0.29) is 5.91 Å². The maximum atomic E-state index is 12.0. The summed E-state index contributed by atoms with van der Waals surface area (Å²) in [6, 6.07) is 18.0. The molecule has 1 amide bonds. The molecule has 3 aromatic rings. The van der Waals surface area contributed by atoms with E-state index in [0.717, 1.165) is 36.3 Å². The van der Waals surface area contributed by atoms with Gasteiger partial charge in [-0.2, -0.15) is 0 Å². The number of imidazole rings is 1. The average Bonchev–Trinajstić information content (AvgIpc) is 2.94. The molecule has 0 aliphatic rings. The molecule has 24 heavy (non-hydrogen) atoms. The van der Waals surface area contributed by atoms with Gasteiger partial charge in [-0.05, 0) is 24.1 Å². The van der Waals surface area contributed by atoms with Crippen molar-refractivity contribution < 1.29 is 4.79 Å². The van der Waals surface area contributed by atoms with Gasteiger partial charge in [-0.25, -0.2) is 4.98 Å². The molecule has 0 spiro atoms. The number of para-hydroxylation sites is 2. The largest absolute Gasteiger partial charge is 0.355 e. The Balaban J connectivity index is 1.61. The van der Waals surface area contributed by atoms with Gasteiger partial charge in [-0.15, -0.1) is 0 Å². The number of nitrogens with zero attached hydrogens (tertiary/aromatic N) is 2. The molecule has 0 aliphatic heterocycles. The van der Waals surface area contributed by atoms with E-state index >= 15 is 0 Å². The Morgan fingerprint density at radius 1 is 1.08 bits per heavy atom. The van der Waals surface area contributed by atoms with E-state index in [9.17, 15) is 4.79 Å². The minimum atomic E-state index is 0.0550. The highest BCUT2D eigenvalue weighted by Crippen LogP contribution is 2.16. The lowest BCUT2D eigenvalue weighted by Crippen LogP contribution is -2.28. The standard InChI is InChI=1S/C20H23N3O/c1-2-14-23-18-11-7-6-10-17(18)22-19(23)12-13-21-20(24)15-16-8-4-3-5-9-16/h3-11H,2,12-15H2,1H3,(H,21,24). The zero-order valence-electron chi connectivity index (χ0n) is 14.0. The van der Waals surface area contributed by atoms with Gasteiger partial charge in [-0.3, -0.25) is 4.79 Å². The SMILES string of the molecule is CCCn1c(CCNC(=O)Cc2ccccc2)nc2ccccc21. The Bertz CT molecular complexity index is 808. The topological polar surface area (TPSA) is 46.9 Å². The highest BCUT2D eigenvalue weighted by Gasteiger charge is 2.10. The lowest BCUT2D eigenvalue weighted by Gasteiger charge is -2.09. The van der Waals surface area contributed by atoms with Gasteiger partial charge in [0.05, 0.1) is 17.5 Å². The van der Waals surface area contributed by atoms with Crippen LogP contribution in [0.4, 0.5) is 0 Å². The number of aryl methyl sites for hydroxylation is 1. The van der Waals surface area contributed by atoms with Crippen LogP contribution in [0.5, 0.6) is 0 Å². The summed E-state index contributed by atoms with van der Waals surface area (Å²) < 4.78 is 2.26. The number of hydrogen-bond donors (Lipinski definition) is 1. The molecule has 1 aromatic heterocycles. The second kappa shape index (κ2) is 7.77. The van der Waals surface area contributed by atoms with Crippen molar-refractivity contribution in [2.24, 2.45) is 0 Å². The van der Waals surface area contributed by atoms with Crippen LogP contribution in [-0.2, 0) is 24.2 Å². The Morgan fingerprint density at radius 2 is 1.83 bits per heavy atom. The summed E-state index contributed by atoms with van der Waals surface area (Å²) in [5.74, 6) is 1.09. The van der Waals surface area contributed by atoms with Crippen LogP contribution in [0.2, 0.25) is 0 Å². The first kappa shape index (κ1) is 16.2. The normalized spacial score (nSPS) is 10.9. The fraction of sp³-hybridized carbons (Fsp3) is 0.300. The van der Waals surface area contributed by atoms with Crippen LogP contribution in [0, 0.1) is 0 Å². The highest BCUT2D eigenvalue weighted by molar-refractivity contribution is 5.78. The second-order valence-electron chi connectivity index (χ2n) is 5.93. The number of carbonyl (C=O) groups is 1. The molecule has 2 aromatic carbocycles. The fourth-order valence-corrected chi connectivity index (χ4v) is 2.95. The van der Waals surface area contributed by atoms with Gasteiger partial charge >= 0.3 is 0 Å². The van der Waals surface area contributed by atoms with Crippen molar-refractivity contribution >= 4 is 16.9 Å². The third-order valence-electron chi connectivity index (χ3n) is 4.06. The number of carbonyl (C=O) groups excluding carboxylic acids is 1. The van der Waals surface area contributed by atoms with Gasteiger partial charge in [0.2, 0.25) is 5.91 Å². The van der Waals surface area contributed by atoms with E-state index in [0.29, 0.717) is 13.0 Å². The summed E-state index contributed by atoms with van der Waals surface area (Å²) in [6.45, 7) is 3.73. The highest BCUT2D eigenvalue weighted by atomic mass is 16.1. The van der Waals surface area contributed by atoms with Crippen LogP contribution in [0.15, 0.2) is 54.6 Å². The van der Waals surface area contributed by atoms with E-state index in [2.05, 4.69) is 22.9 Å². The fourth-order valence-electron chi connectivity index (χ4n) is 2.95. The van der Waals surface area contributed by atoms with Crippen molar-refractivity contribution in [1.29, 1.82) is 0 Å². The van der Waals surface area contributed by atoms with Crippen LogP contribution in [0.25, 0.3) is 11.0 Å². The molecule has 124 valence electrons. The molecule has 0 bridgehead atoms. The molecule has 4 heteroatoms. The van der Waals surface area contributed by atoms with E-state index < -0.39 is 0 Å². The number of nitrogens with one attached hydrogen (secondary N) is 1. The predicted molar refractivity (Wildman–Crippen MR) is 96.9 cm³/mol. The Morgan fingerprint density at radius 3 is 2.62 bits per heavy atom. The smallest absolute Gasteiger partial charge is 0.224 e. The minimum Gasteiger partial charge on any atom is -0.355 e. The molecule has 0 saturated carbocycles. The number of fused-ring (bicyclic) bond motifs is 1. The summed E-state index contributed by atoms with van der Waals surface area (Å²) in [7, 11) is 0. The van der Waals surface area contributed by atoms with Crippen molar-refractivity contribution in [3.8, 4) is 0 Å². The molecular formula is C20H23N3O. The number of benzene rings is 2. The lowest BCUT2D eigenvalue weighted by molar-refractivity contribution is -0.120. The number of hydrogen-bond acceptors (Lipinski definition) is 2.